The van der Waals surface area contributed by atoms with E-state index >= 15 is 0 Å². The lowest BCUT2D eigenvalue weighted by atomic mass is 10.2. The first-order valence-electron chi connectivity index (χ1n) is 6.59. The molecule has 0 radical (unpaired) electrons. The average Bonchev–Trinajstić information content (AvgIpc) is 2.90. The van der Waals surface area contributed by atoms with Crippen molar-refractivity contribution in [2.24, 2.45) is 0 Å². The molecule has 118 valence electrons. The first-order chi connectivity index (χ1) is 10.3. The number of nitrogens with one attached hydrogen (secondary N) is 1. The zero-order chi connectivity index (χ0) is 16.3. The highest BCUT2D eigenvalue weighted by Crippen LogP contribution is 2.22. The lowest BCUT2D eigenvalue weighted by Crippen LogP contribution is -2.34. The minimum atomic E-state index is -3.85. The second-order valence-electron chi connectivity index (χ2n) is 5.01. The Balaban J connectivity index is 2.22. The molecule has 0 aliphatic carbocycles. The number of benzene rings is 1. The van der Waals surface area contributed by atoms with Crippen LogP contribution in [0, 0.1) is 17.0 Å². The number of rotatable bonds is 6. The van der Waals surface area contributed by atoms with Crippen molar-refractivity contribution >= 4 is 15.7 Å². The van der Waals surface area contributed by atoms with Crippen LogP contribution in [0.25, 0.3) is 0 Å². The Morgan fingerprint density at radius 2 is 2.09 bits per heavy atom. The van der Waals surface area contributed by atoms with Gasteiger partial charge in [0.25, 0.3) is 5.69 Å². The predicted molar refractivity (Wildman–Crippen MR) is 80.0 cm³/mol. The number of sulfonamides is 1. The van der Waals surface area contributed by atoms with E-state index in [9.17, 15) is 18.5 Å². The molecular weight excluding hydrogens is 308 g/mol. The normalized spacial score (nSPS) is 13.0. The molecule has 7 nitrogen and oxygen atoms in total. The molecule has 22 heavy (non-hydrogen) atoms. The minimum absolute atomic E-state index is 0.0898. The lowest BCUT2D eigenvalue weighted by Gasteiger charge is -2.14. The molecule has 0 saturated heterocycles. The first-order valence-corrected chi connectivity index (χ1v) is 8.07. The van der Waals surface area contributed by atoms with E-state index in [0.29, 0.717) is 17.7 Å². The van der Waals surface area contributed by atoms with Crippen LogP contribution in [0.1, 0.15) is 18.2 Å². The molecule has 2 aromatic rings. The highest BCUT2D eigenvalue weighted by Gasteiger charge is 2.22. The van der Waals surface area contributed by atoms with Crippen molar-refractivity contribution in [2.75, 3.05) is 0 Å². The molecule has 0 bridgehead atoms. The molecule has 1 unspecified atom stereocenters. The van der Waals surface area contributed by atoms with Crippen molar-refractivity contribution in [2.45, 2.75) is 31.2 Å². The summed E-state index contributed by atoms with van der Waals surface area (Å²) >= 11 is 0. The van der Waals surface area contributed by atoms with Gasteiger partial charge in [-0.05, 0) is 31.5 Å². The van der Waals surface area contributed by atoms with Gasteiger partial charge in [0.05, 0.1) is 16.1 Å². The van der Waals surface area contributed by atoms with E-state index in [1.807, 2.05) is 0 Å². The third-order valence-electron chi connectivity index (χ3n) is 3.12. The van der Waals surface area contributed by atoms with Crippen LogP contribution >= 0.6 is 0 Å². The van der Waals surface area contributed by atoms with E-state index in [0.717, 1.165) is 6.07 Å². The molecule has 1 aromatic heterocycles. The molecule has 1 atom stereocenters. The zero-order valence-electron chi connectivity index (χ0n) is 12.1. The van der Waals surface area contributed by atoms with Gasteiger partial charge >= 0.3 is 0 Å². The first kappa shape index (κ1) is 16.2. The largest absolute Gasteiger partial charge is 0.469 e. The minimum Gasteiger partial charge on any atom is -0.469 e. The number of aryl methyl sites for hydroxylation is 1. The highest BCUT2D eigenvalue weighted by atomic mass is 32.2. The van der Waals surface area contributed by atoms with Gasteiger partial charge in [-0.15, -0.1) is 0 Å². The molecule has 1 heterocycles. The van der Waals surface area contributed by atoms with E-state index in [1.54, 1.807) is 26.0 Å². The highest BCUT2D eigenvalue weighted by molar-refractivity contribution is 7.89. The standard InChI is InChI=1S/C14H16N2O5S/c1-10-5-6-12(16(17)18)9-14(10)22(19,20)15-11(2)8-13-4-3-7-21-13/h3-7,9,11,15H,8H2,1-2H3. The van der Waals surface area contributed by atoms with Crippen molar-refractivity contribution in [3.8, 4) is 0 Å². The Labute approximate surface area is 128 Å². The van der Waals surface area contributed by atoms with Crippen LogP contribution in [-0.4, -0.2) is 19.4 Å². The van der Waals surface area contributed by atoms with Gasteiger partial charge in [-0.2, -0.15) is 0 Å². The maximum atomic E-state index is 12.4. The number of non-ortho nitro benzene ring substituents is 1. The lowest BCUT2D eigenvalue weighted by molar-refractivity contribution is -0.385. The van der Waals surface area contributed by atoms with Crippen LogP contribution in [0.3, 0.4) is 0 Å². The summed E-state index contributed by atoms with van der Waals surface area (Å²) in [6, 6.07) is 6.83. The predicted octanol–water partition coefficient (Wildman–Crippen LogP) is 2.41. The number of nitrogens with zero attached hydrogens (tertiary/aromatic N) is 1. The number of hydrogen-bond donors (Lipinski definition) is 1. The van der Waals surface area contributed by atoms with Gasteiger partial charge in [0.2, 0.25) is 10.0 Å². The maximum Gasteiger partial charge on any atom is 0.270 e. The second kappa shape index (κ2) is 6.29. The number of nitro groups is 1. The third kappa shape index (κ3) is 3.71. The van der Waals surface area contributed by atoms with Gasteiger partial charge in [0.15, 0.2) is 0 Å². The van der Waals surface area contributed by atoms with Gasteiger partial charge in [-0.3, -0.25) is 10.1 Å². The van der Waals surface area contributed by atoms with Crippen LogP contribution in [-0.2, 0) is 16.4 Å². The summed E-state index contributed by atoms with van der Waals surface area (Å²) in [5.41, 5.74) is 0.188. The van der Waals surface area contributed by atoms with Crippen molar-refractivity contribution in [3.05, 3.63) is 58.0 Å². The fraction of sp³-hybridized carbons (Fsp3) is 0.286. The van der Waals surface area contributed by atoms with Crippen LogP contribution in [0.5, 0.6) is 0 Å². The molecule has 0 saturated carbocycles. The van der Waals surface area contributed by atoms with Crippen molar-refractivity contribution in [3.63, 3.8) is 0 Å². The quantitative estimate of drug-likeness (QED) is 0.649. The Morgan fingerprint density at radius 1 is 1.36 bits per heavy atom. The molecule has 0 amide bonds. The molecule has 1 aromatic carbocycles. The van der Waals surface area contributed by atoms with Gasteiger partial charge in [0, 0.05) is 24.6 Å². The van der Waals surface area contributed by atoms with Crippen LogP contribution < -0.4 is 4.72 Å². The summed E-state index contributed by atoms with van der Waals surface area (Å²) < 4.78 is 32.5. The van der Waals surface area contributed by atoms with E-state index in [4.69, 9.17) is 4.42 Å². The Morgan fingerprint density at radius 3 is 2.68 bits per heavy atom. The topological polar surface area (TPSA) is 102 Å². The molecule has 1 N–H and O–H groups in total. The molecular formula is C14H16N2O5S. The van der Waals surface area contributed by atoms with E-state index in [-0.39, 0.29) is 10.6 Å². The van der Waals surface area contributed by atoms with Gasteiger partial charge in [0.1, 0.15) is 5.76 Å². The van der Waals surface area contributed by atoms with Crippen molar-refractivity contribution < 1.29 is 17.8 Å². The number of nitro benzene ring substituents is 1. The smallest absolute Gasteiger partial charge is 0.270 e. The number of furan rings is 1. The Bertz CT molecular complexity index is 769. The summed E-state index contributed by atoms with van der Waals surface area (Å²) in [7, 11) is -3.85. The maximum absolute atomic E-state index is 12.4. The van der Waals surface area contributed by atoms with Crippen molar-refractivity contribution in [1.82, 2.24) is 4.72 Å². The zero-order valence-corrected chi connectivity index (χ0v) is 13.0. The van der Waals surface area contributed by atoms with E-state index in [1.165, 1.54) is 18.4 Å². The molecule has 0 aliphatic heterocycles. The fourth-order valence-electron chi connectivity index (χ4n) is 2.09. The second-order valence-corrected chi connectivity index (χ2v) is 6.70. The van der Waals surface area contributed by atoms with Gasteiger partial charge in [-0.25, -0.2) is 13.1 Å². The van der Waals surface area contributed by atoms with Crippen LogP contribution in [0.4, 0.5) is 5.69 Å². The Hall–Kier alpha value is -2.19. The van der Waals surface area contributed by atoms with Gasteiger partial charge < -0.3 is 4.42 Å². The summed E-state index contributed by atoms with van der Waals surface area (Å²) in [6.07, 6.45) is 1.90. The monoisotopic (exact) mass is 324 g/mol. The fourth-order valence-corrected chi connectivity index (χ4v) is 3.60. The summed E-state index contributed by atoms with van der Waals surface area (Å²) in [5, 5.41) is 10.8. The van der Waals surface area contributed by atoms with E-state index < -0.39 is 21.0 Å². The van der Waals surface area contributed by atoms with Gasteiger partial charge in [-0.1, -0.05) is 6.07 Å². The summed E-state index contributed by atoms with van der Waals surface area (Å²) in [4.78, 5) is 10.1. The summed E-state index contributed by atoms with van der Waals surface area (Å²) in [5.74, 6) is 0.658. The average molecular weight is 324 g/mol. The van der Waals surface area contributed by atoms with Crippen LogP contribution in [0.15, 0.2) is 45.9 Å². The summed E-state index contributed by atoms with van der Waals surface area (Å²) in [6.45, 7) is 3.29. The SMILES string of the molecule is Cc1ccc([N+](=O)[O-])cc1S(=O)(=O)NC(C)Cc1ccco1. The molecule has 0 fully saturated rings. The Kier molecular flexibility index (Phi) is 4.62. The molecule has 8 heteroatoms. The molecule has 0 aliphatic rings. The molecule has 2 rings (SSSR count). The molecule has 0 spiro atoms. The van der Waals surface area contributed by atoms with Crippen molar-refractivity contribution in [1.29, 1.82) is 0 Å². The third-order valence-corrected chi connectivity index (χ3v) is 4.85. The van der Waals surface area contributed by atoms with Crippen LogP contribution in [0.2, 0.25) is 0 Å². The number of hydrogen-bond acceptors (Lipinski definition) is 5. The van der Waals surface area contributed by atoms with E-state index in [2.05, 4.69) is 4.72 Å².